The first-order chi connectivity index (χ1) is 4.34. The van der Waals surface area contributed by atoms with Crippen molar-refractivity contribution in [3.05, 3.63) is 0 Å². The van der Waals surface area contributed by atoms with Gasteiger partial charge in [-0.25, -0.2) is 0 Å². The lowest BCUT2D eigenvalue weighted by molar-refractivity contribution is 0.167. The van der Waals surface area contributed by atoms with Gasteiger partial charge in [-0.15, -0.1) is 0 Å². The molecule has 0 aromatic carbocycles. The summed E-state index contributed by atoms with van der Waals surface area (Å²) >= 11 is 0. The Labute approximate surface area is 56.3 Å². The molecule has 0 aromatic heterocycles. The molecule has 0 spiro atoms. The Hall–Kier alpha value is -0.0800. The van der Waals surface area contributed by atoms with E-state index < -0.39 is 0 Å². The van der Waals surface area contributed by atoms with Crippen molar-refractivity contribution in [3.63, 3.8) is 0 Å². The summed E-state index contributed by atoms with van der Waals surface area (Å²) in [5, 5.41) is 12.1. The zero-order valence-corrected chi connectivity index (χ0v) is 5.93. The summed E-state index contributed by atoms with van der Waals surface area (Å²) in [6, 6.07) is 0.517. The summed E-state index contributed by atoms with van der Waals surface area (Å²) in [4.78, 5) is 0. The van der Waals surface area contributed by atoms with Gasteiger partial charge in [0.15, 0.2) is 0 Å². The van der Waals surface area contributed by atoms with Crippen molar-refractivity contribution in [2.24, 2.45) is 5.92 Å². The Kier molecular flexibility index (Phi) is 2.49. The van der Waals surface area contributed by atoms with E-state index in [9.17, 15) is 0 Å². The molecule has 1 saturated heterocycles. The van der Waals surface area contributed by atoms with Crippen LogP contribution in [0.5, 0.6) is 0 Å². The summed E-state index contributed by atoms with van der Waals surface area (Å²) in [5.74, 6) is 0.499. The fourth-order valence-corrected chi connectivity index (χ4v) is 1.36. The Morgan fingerprint density at radius 1 is 1.67 bits per heavy atom. The van der Waals surface area contributed by atoms with Gasteiger partial charge in [0.1, 0.15) is 0 Å². The van der Waals surface area contributed by atoms with Crippen LogP contribution >= 0.6 is 0 Å². The van der Waals surface area contributed by atoms with E-state index in [0.29, 0.717) is 18.6 Å². The molecule has 2 atom stereocenters. The minimum Gasteiger partial charge on any atom is -0.396 e. The lowest BCUT2D eigenvalue weighted by atomic mass is 9.93. The molecule has 0 saturated carbocycles. The van der Waals surface area contributed by atoms with Crippen molar-refractivity contribution in [1.82, 2.24) is 5.32 Å². The topological polar surface area (TPSA) is 32.3 Å². The van der Waals surface area contributed by atoms with Crippen LogP contribution in [0.4, 0.5) is 0 Å². The minimum absolute atomic E-state index is 0.341. The van der Waals surface area contributed by atoms with E-state index in [4.69, 9.17) is 5.11 Å². The first kappa shape index (κ1) is 7.03. The molecule has 2 nitrogen and oxygen atoms in total. The highest BCUT2D eigenvalue weighted by Gasteiger charge is 2.18. The standard InChI is InChI=1S/C7H15NO/c1-6-7(5-9)3-2-4-8-6/h6-9H,2-5H2,1H3/t6-,7-/m0/s1. The summed E-state index contributed by atoms with van der Waals surface area (Å²) in [6.07, 6.45) is 2.40. The van der Waals surface area contributed by atoms with Gasteiger partial charge in [0.05, 0.1) is 0 Å². The van der Waals surface area contributed by atoms with Gasteiger partial charge >= 0.3 is 0 Å². The SMILES string of the molecule is C[C@@H]1NCCC[C@H]1CO. The molecule has 1 aliphatic heterocycles. The third-order valence-corrected chi connectivity index (χ3v) is 2.16. The second kappa shape index (κ2) is 3.18. The van der Waals surface area contributed by atoms with Crippen LogP contribution in [-0.2, 0) is 0 Å². The number of hydrogen-bond acceptors (Lipinski definition) is 2. The van der Waals surface area contributed by atoms with Crippen molar-refractivity contribution in [1.29, 1.82) is 0 Å². The highest BCUT2D eigenvalue weighted by Crippen LogP contribution is 2.14. The molecule has 1 fully saturated rings. The largest absolute Gasteiger partial charge is 0.396 e. The van der Waals surface area contributed by atoms with Crippen molar-refractivity contribution >= 4 is 0 Å². The molecular weight excluding hydrogens is 114 g/mol. The van der Waals surface area contributed by atoms with Gasteiger partial charge in [0.25, 0.3) is 0 Å². The highest BCUT2D eigenvalue weighted by molar-refractivity contribution is 4.76. The van der Waals surface area contributed by atoms with E-state index in [-0.39, 0.29) is 0 Å². The molecule has 0 amide bonds. The molecule has 0 aliphatic carbocycles. The quantitative estimate of drug-likeness (QED) is 0.536. The Bertz CT molecular complexity index is 85.0. The number of rotatable bonds is 1. The average Bonchev–Trinajstić information content (AvgIpc) is 1.89. The van der Waals surface area contributed by atoms with Gasteiger partial charge in [-0.1, -0.05) is 0 Å². The number of aliphatic hydroxyl groups excluding tert-OH is 1. The van der Waals surface area contributed by atoms with Crippen molar-refractivity contribution < 1.29 is 5.11 Å². The zero-order valence-electron chi connectivity index (χ0n) is 5.93. The van der Waals surface area contributed by atoms with Crippen LogP contribution in [0.25, 0.3) is 0 Å². The first-order valence-electron chi connectivity index (χ1n) is 3.69. The molecule has 2 heteroatoms. The van der Waals surface area contributed by atoms with E-state index >= 15 is 0 Å². The van der Waals surface area contributed by atoms with Crippen LogP contribution < -0.4 is 5.32 Å². The molecule has 1 rings (SSSR count). The fraction of sp³-hybridized carbons (Fsp3) is 1.00. The normalized spacial score (nSPS) is 36.7. The van der Waals surface area contributed by atoms with Crippen molar-refractivity contribution in [3.8, 4) is 0 Å². The van der Waals surface area contributed by atoms with Gasteiger partial charge in [-0.2, -0.15) is 0 Å². The Balaban J connectivity index is 2.30. The predicted molar refractivity (Wildman–Crippen MR) is 37.3 cm³/mol. The molecule has 1 aliphatic rings. The van der Waals surface area contributed by atoms with Crippen LogP contribution in [0.15, 0.2) is 0 Å². The molecule has 0 unspecified atom stereocenters. The molecule has 9 heavy (non-hydrogen) atoms. The molecule has 0 bridgehead atoms. The minimum atomic E-state index is 0.341. The maximum atomic E-state index is 8.82. The molecule has 0 aromatic rings. The third-order valence-electron chi connectivity index (χ3n) is 2.16. The van der Waals surface area contributed by atoms with Gasteiger partial charge in [0, 0.05) is 12.6 Å². The lowest BCUT2D eigenvalue weighted by Gasteiger charge is -2.27. The van der Waals surface area contributed by atoms with Crippen LogP contribution in [0.3, 0.4) is 0 Å². The summed E-state index contributed by atoms with van der Waals surface area (Å²) in [7, 11) is 0. The van der Waals surface area contributed by atoms with Crippen LogP contribution in [0.1, 0.15) is 19.8 Å². The van der Waals surface area contributed by atoms with Crippen LogP contribution in [-0.4, -0.2) is 24.3 Å². The molecule has 54 valence electrons. The number of nitrogens with one attached hydrogen (secondary N) is 1. The van der Waals surface area contributed by atoms with Gasteiger partial charge < -0.3 is 10.4 Å². The van der Waals surface area contributed by atoms with E-state index in [0.717, 1.165) is 6.54 Å². The predicted octanol–water partition coefficient (Wildman–Crippen LogP) is 0.367. The molecule has 2 N–H and O–H groups in total. The van der Waals surface area contributed by atoms with E-state index in [1.807, 2.05) is 0 Å². The van der Waals surface area contributed by atoms with Gasteiger partial charge in [0.2, 0.25) is 0 Å². The second-order valence-electron chi connectivity index (χ2n) is 2.83. The van der Waals surface area contributed by atoms with E-state index in [1.165, 1.54) is 12.8 Å². The lowest BCUT2D eigenvalue weighted by Crippen LogP contribution is -2.40. The molecule has 0 radical (unpaired) electrons. The smallest absolute Gasteiger partial charge is 0.0474 e. The number of aliphatic hydroxyl groups is 1. The Morgan fingerprint density at radius 3 is 2.89 bits per heavy atom. The highest BCUT2D eigenvalue weighted by atomic mass is 16.3. The summed E-state index contributed by atoms with van der Waals surface area (Å²) in [6.45, 7) is 3.60. The van der Waals surface area contributed by atoms with E-state index in [2.05, 4.69) is 12.2 Å². The van der Waals surface area contributed by atoms with Crippen molar-refractivity contribution in [2.45, 2.75) is 25.8 Å². The monoisotopic (exact) mass is 129 g/mol. The fourth-order valence-electron chi connectivity index (χ4n) is 1.36. The summed E-state index contributed by atoms with van der Waals surface area (Å²) < 4.78 is 0. The maximum absolute atomic E-state index is 8.82. The molecular formula is C7H15NO. The van der Waals surface area contributed by atoms with Gasteiger partial charge in [-0.05, 0) is 32.2 Å². The van der Waals surface area contributed by atoms with Crippen molar-refractivity contribution in [2.75, 3.05) is 13.2 Å². The van der Waals surface area contributed by atoms with Crippen LogP contribution in [0, 0.1) is 5.92 Å². The van der Waals surface area contributed by atoms with Gasteiger partial charge in [-0.3, -0.25) is 0 Å². The zero-order chi connectivity index (χ0) is 6.69. The van der Waals surface area contributed by atoms with Crippen LogP contribution in [0.2, 0.25) is 0 Å². The number of hydrogen-bond donors (Lipinski definition) is 2. The maximum Gasteiger partial charge on any atom is 0.0474 e. The third kappa shape index (κ3) is 1.66. The van der Waals surface area contributed by atoms with E-state index in [1.54, 1.807) is 0 Å². The Morgan fingerprint density at radius 2 is 2.44 bits per heavy atom. The first-order valence-corrected chi connectivity index (χ1v) is 3.69. The molecule has 1 heterocycles. The summed E-state index contributed by atoms with van der Waals surface area (Å²) in [5.41, 5.74) is 0. The second-order valence-corrected chi connectivity index (χ2v) is 2.83. The average molecular weight is 129 g/mol. The number of piperidine rings is 1.